The van der Waals surface area contributed by atoms with Crippen molar-refractivity contribution in [3.8, 4) is 5.75 Å². The lowest BCUT2D eigenvalue weighted by Crippen LogP contribution is -2.40. The average Bonchev–Trinajstić information content (AvgIpc) is 3.00. The monoisotopic (exact) mass is 319 g/mol. The van der Waals surface area contributed by atoms with E-state index in [1.165, 1.54) is 17.1 Å². The highest BCUT2D eigenvalue weighted by Crippen LogP contribution is 2.20. The van der Waals surface area contributed by atoms with Crippen LogP contribution in [0, 0.1) is 5.82 Å². The predicted octanol–water partition coefficient (Wildman–Crippen LogP) is 1.41. The molecule has 2 heterocycles. The van der Waals surface area contributed by atoms with Crippen LogP contribution in [-0.4, -0.2) is 53.7 Å². The van der Waals surface area contributed by atoms with Crippen molar-refractivity contribution in [2.45, 2.75) is 25.4 Å². The van der Waals surface area contributed by atoms with Gasteiger partial charge < -0.3 is 9.64 Å². The summed E-state index contributed by atoms with van der Waals surface area (Å²) in [6.45, 7) is 1.05. The fraction of sp³-hybridized carbons (Fsp3) is 0.438. The molecule has 2 amide bonds. The van der Waals surface area contributed by atoms with Crippen molar-refractivity contribution in [1.29, 1.82) is 0 Å². The number of halogens is 1. The summed E-state index contributed by atoms with van der Waals surface area (Å²) < 4.78 is 18.7. The number of hydrogen-bond acceptors (Lipinski definition) is 4. The van der Waals surface area contributed by atoms with E-state index in [0.29, 0.717) is 43.8 Å². The molecule has 2 aliphatic rings. The maximum atomic E-state index is 12.9. The van der Waals surface area contributed by atoms with Crippen molar-refractivity contribution in [2.75, 3.05) is 20.1 Å². The van der Waals surface area contributed by atoms with E-state index in [2.05, 4.69) is 5.10 Å². The molecular formula is C16H18FN3O3. The van der Waals surface area contributed by atoms with E-state index < -0.39 is 0 Å². The van der Waals surface area contributed by atoms with Crippen LogP contribution in [0.1, 0.15) is 19.3 Å². The van der Waals surface area contributed by atoms with Gasteiger partial charge in [0.2, 0.25) is 5.91 Å². The first-order valence-corrected chi connectivity index (χ1v) is 7.58. The molecule has 1 saturated heterocycles. The van der Waals surface area contributed by atoms with Crippen LogP contribution in [-0.2, 0) is 9.59 Å². The topological polar surface area (TPSA) is 62.2 Å². The lowest BCUT2D eigenvalue weighted by atomic mass is 10.1. The Morgan fingerprint density at radius 2 is 2.04 bits per heavy atom. The first-order valence-electron chi connectivity index (χ1n) is 7.58. The number of nitrogens with zero attached hydrogens (tertiary/aromatic N) is 3. The van der Waals surface area contributed by atoms with Crippen molar-refractivity contribution >= 4 is 17.5 Å². The number of carbonyl (C=O) groups excluding carboxylic acids is 2. The third-order valence-corrected chi connectivity index (χ3v) is 4.00. The zero-order chi connectivity index (χ0) is 16.4. The molecule has 122 valence electrons. The van der Waals surface area contributed by atoms with Crippen LogP contribution in [0.3, 0.4) is 0 Å². The number of amides is 2. The Balaban J connectivity index is 1.59. The van der Waals surface area contributed by atoms with Crippen molar-refractivity contribution < 1.29 is 18.7 Å². The second-order valence-electron chi connectivity index (χ2n) is 5.70. The Morgan fingerprint density at radius 1 is 1.30 bits per heavy atom. The Hall–Kier alpha value is -2.44. The molecule has 7 heteroatoms. The number of benzene rings is 1. The molecule has 1 unspecified atom stereocenters. The quantitative estimate of drug-likeness (QED) is 0.846. The molecule has 3 rings (SSSR count). The van der Waals surface area contributed by atoms with E-state index in [0.717, 1.165) is 0 Å². The van der Waals surface area contributed by atoms with Crippen LogP contribution in [0.15, 0.2) is 29.4 Å². The number of ether oxygens (including phenoxy) is 1. The van der Waals surface area contributed by atoms with Gasteiger partial charge in [0, 0.05) is 32.9 Å². The Labute approximate surface area is 133 Å². The van der Waals surface area contributed by atoms with Gasteiger partial charge in [-0.25, -0.2) is 9.40 Å². The maximum absolute atomic E-state index is 12.9. The molecule has 0 radical (unpaired) electrons. The second kappa shape index (κ2) is 6.36. The van der Waals surface area contributed by atoms with Crippen LogP contribution in [0.2, 0.25) is 0 Å². The van der Waals surface area contributed by atoms with E-state index in [4.69, 9.17) is 4.74 Å². The molecule has 1 aromatic carbocycles. The Kier molecular flexibility index (Phi) is 4.27. The summed E-state index contributed by atoms with van der Waals surface area (Å²) >= 11 is 0. The summed E-state index contributed by atoms with van der Waals surface area (Å²) in [7, 11) is 1.55. The first-order chi connectivity index (χ1) is 11.0. The fourth-order valence-electron chi connectivity index (χ4n) is 2.72. The average molecular weight is 319 g/mol. The molecule has 23 heavy (non-hydrogen) atoms. The summed E-state index contributed by atoms with van der Waals surface area (Å²) in [6.07, 6.45) is 1.28. The summed E-state index contributed by atoms with van der Waals surface area (Å²) in [4.78, 5) is 25.5. The van der Waals surface area contributed by atoms with Gasteiger partial charge in [0.05, 0.1) is 6.54 Å². The van der Waals surface area contributed by atoms with Gasteiger partial charge in [-0.2, -0.15) is 5.10 Å². The maximum Gasteiger partial charge on any atom is 0.270 e. The third-order valence-electron chi connectivity index (χ3n) is 4.00. The summed E-state index contributed by atoms with van der Waals surface area (Å²) in [6, 6.07) is 5.84. The second-order valence-corrected chi connectivity index (χ2v) is 5.70. The van der Waals surface area contributed by atoms with Gasteiger partial charge >= 0.3 is 0 Å². The van der Waals surface area contributed by atoms with Crippen LogP contribution in [0.5, 0.6) is 5.75 Å². The number of carbonyl (C=O) groups is 2. The third kappa shape index (κ3) is 3.49. The van der Waals surface area contributed by atoms with Gasteiger partial charge in [-0.15, -0.1) is 0 Å². The molecule has 0 spiro atoms. The van der Waals surface area contributed by atoms with Crippen LogP contribution in [0.25, 0.3) is 0 Å². The highest BCUT2D eigenvalue weighted by atomic mass is 19.1. The lowest BCUT2D eigenvalue weighted by molar-refractivity contribution is -0.130. The van der Waals surface area contributed by atoms with Crippen molar-refractivity contribution in [3.63, 3.8) is 0 Å². The van der Waals surface area contributed by atoms with Gasteiger partial charge in [-0.1, -0.05) is 0 Å². The first kappa shape index (κ1) is 15.5. The standard InChI is InChI=1S/C16H18FN3O3/c1-19-15(21)7-6-14(18-19)16(22)20-9-8-13(10-20)23-12-4-2-11(17)3-5-12/h2-5,13H,6-10H2,1H3. The van der Waals surface area contributed by atoms with Crippen molar-refractivity contribution in [1.82, 2.24) is 9.91 Å². The number of hydrazone groups is 1. The van der Waals surface area contributed by atoms with Gasteiger partial charge in [0.25, 0.3) is 5.91 Å². The normalized spacial score (nSPS) is 21.4. The number of likely N-dealkylation sites (tertiary alicyclic amines) is 1. The number of hydrogen-bond donors (Lipinski definition) is 0. The van der Waals surface area contributed by atoms with Crippen LogP contribution < -0.4 is 4.74 Å². The summed E-state index contributed by atoms with van der Waals surface area (Å²) in [5.41, 5.74) is 0.412. The number of rotatable bonds is 3. The summed E-state index contributed by atoms with van der Waals surface area (Å²) in [5.74, 6) is 0.0515. The van der Waals surface area contributed by atoms with Gasteiger partial charge in [-0.3, -0.25) is 9.59 Å². The highest BCUT2D eigenvalue weighted by Gasteiger charge is 2.32. The molecule has 1 atom stereocenters. The SMILES string of the molecule is CN1N=C(C(=O)N2CCC(Oc3ccc(F)cc3)C2)CCC1=O. The minimum atomic E-state index is -0.311. The van der Waals surface area contributed by atoms with Crippen LogP contribution in [0.4, 0.5) is 4.39 Å². The van der Waals surface area contributed by atoms with Gasteiger partial charge in [0.1, 0.15) is 23.4 Å². The van der Waals surface area contributed by atoms with E-state index in [1.807, 2.05) is 0 Å². The molecule has 0 aromatic heterocycles. The van der Waals surface area contributed by atoms with Crippen molar-refractivity contribution in [2.24, 2.45) is 5.10 Å². The minimum Gasteiger partial charge on any atom is -0.489 e. The molecule has 6 nitrogen and oxygen atoms in total. The van der Waals surface area contributed by atoms with E-state index in [-0.39, 0.29) is 23.7 Å². The molecule has 1 fully saturated rings. The Morgan fingerprint density at radius 3 is 2.74 bits per heavy atom. The molecule has 0 saturated carbocycles. The largest absolute Gasteiger partial charge is 0.489 e. The minimum absolute atomic E-state index is 0.0829. The molecule has 1 aromatic rings. The zero-order valence-corrected chi connectivity index (χ0v) is 12.9. The lowest BCUT2D eigenvalue weighted by Gasteiger charge is -2.22. The molecule has 2 aliphatic heterocycles. The van der Waals surface area contributed by atoms with E-state index in [9.17, 15) is 14.0 Å². The van der Waals surface area contributed by atoms with Crippen LogP contribution >= 0.6 is 0 Å². The molecular weight excluding hydrogens is 301 g/mol. The van der Waals surface area contributed by atoms with E-state index >= 15 is 0 Å². The molecule has 0 bridgehead atoms. The van der Waals surface area contributed by atoms with E-state index in [1.54, 1.807) is 24.1 Å². The van der Waals surface area contributed by atoms with Gasteiger partial charge in [-0.05, 0) is 24.3 Å². The fourth-order valence-corrected chi connectivity index (χ4v) is 2.72. The zero-order valence-electron chi connectivity index (χ0n) is 12.9. The van der Waals surface area contributed by atoms with Gasteiger partial charge in [0.15, 0.2) is 0 Å². The molecule has 0 aliphatic carbocycles. The predicted molar refractivity (Wildman–Crippen MR) is 81.5 cm³/mol. The van der Waals surface area contributed by atoms with Crippen molar-refractivity contribution in [3.05, 3.63) is 30.1 Å². The smallest absolute Gasteiger partial charge is 0.270 e. The summed E-state index contributed by atoms with van der Waals surface area (Å²) in [5, 5.41) is 5.27. The molecule has 0 N–H and O–H groups in total. The Bertz CT molecular complexity index is 644. The highest BCUT2D eigenvalue weighted by molar-refractivity contribution is 6.39.